The Bertz CT molecular complexity index is 522. The van der Waals surface area contributed by atoms with Gasteiger partial charge in [-0.2, -0.15) is 0 Å². The van der Waals surface area contributed by atoms with Gasteiger partial charge in [0, 0.05) is 41.8 Å². The maximum absolute atomic E-state index is 4.17. The zero-order chi connectivity index (χ0) is 14.4. The van der Waals surface area contributed by atoms with Crippen LogP contribution in [-0.4, -0.2) is 23.5 Å². The SMILES string of the molecule is CCNCc1cc(CN(C)Cc2cccnc2)c(C)s1. The molecule has 0 atom stereocenters. The molecule has 108 valence electrons. The first-order valence-electron chi connectivity index (χ1n) is 7.05. The van der Waals surface area contributed by atoms with E-state index in [1.807, 2.05) is 29.8 Å². The number of nitrogens with one attached hydrogen (secondary N) is 1. The molecule has 0 aliphatic heterocycles. The molecule has 2 aromatic rings. The van der Waals surface area contributed by atoms with Crippen molar-refractivity contribution in [3.63, 3.8) is 0 Å². The second kappa shape index (κ2) is 7.53. The molecule has 3 nitrogen and oxygen atoms in total. The van der Waals surface area contributed by atoms with Crippen molar-refractivity contribution in [2.75, 3.05) is 13.6 Å². The molecule has 0 unspecified atom stereocenters. The Kier molecular flexibility index (Phi) is 5.71. The van der Waals surface area contributed by atoms with E-state index in [9.17, 15) is 0 Å². The lowest BCUT2D eigenvalue weighted by atomic mass is 10.2. The van der Waals surface area contributed by atoms with Crippen molar-refractivity contribution >= 4 is 11.3 Å². The van der Waals surface area contributed by atoms with Gasteiger partial charge in [-0.1, -0.05) is 13.0 Å². The monoisotopic (exact) mass is 289 g/mol. The average molecular weight is 289 g/mol. The highest BCUT2D eigenvalue weighted by Crippen LogP contribution is 2.23. The number of aryl methyl sites for hydroxylation is 1. The summed E-state index contributed by atoms with van der Waals surface area (Å²) in [5.74, 6) is 0. The van der Waals surface area contributed by atoms with Crippen LogP contribution in [-0.2, 0) is 19.6 Å². The van der Waals surface area contributed by atoms with Crippen LogP contribution in [0.1, 0.15) is 27.8 Å². The van der Waals surface area contributed by atoms with E-state index in [2.05, 4.69) is 48.2 Å². The highest BCUT2D eigenvalue weighted by molar-refractivity contribution is 7.12. The standard InChI is InChI=1S/C16H23N3S/c1-4-17-10-16-8-15(13(2)20-16)12-19(3)11-14-6-5-7-18-9-14/h5-9,17H,4,10-12H2,1-3H3. The van der Waals surface area contributed by atoms with Crippen molar-refractivity contribution in [2.24, 2.45) is 0 Å². The minimum absolute atomic E-state index is 0.936. The van der Waals surface area contributed by atoms with Crippen LogP contribution in [0.5, 0.6) is 0 Å². The van der Waals surface area contributed by atoms with E-state index in [0.29, 0.717) is 0 Å². The summed E-state index contributed by atoms with van der Waals surface area (Å²) in [6.07, 6.45) is 3.76. The van der Waals surface area contributed by atoms with E-state index in [1.165, 1.54) is 20.9 Å². The van der Waals surface area contributed by atoms with Crippen LogP contribution in [0.2, 0.25) is 0 Å². The van der Waals surface area contributed by atoms with Crippen molar-refractivity contribution in [3.05, 3.63) is 51.5 Å². The highest BCUT2D eigenvalue weighted by Gasteiger charge is 2.08. The van der Waals surface area contributed by atoms with Crippen LogP contribution in [0.3, 0.4) is 0 Å². The average Bonchev–Trinajstić information content (AvgIpc) is 2.78. The van der Waals surface area contributed by atoms with Crippen molar-refractivity contribution in [1.82, 2.24) is 15.2 Å². The predicted octanol–water partition coefficient (Wildman–Crippen LogP) is 3.19. The van der Waals surface area contributed by atoms with Gasteiger partial charge in [-0.25, -0.2) is 0 Å². The van der Waals surface area contributed by atoms with E-state index in [4.69, 9.17) is 0 Å². The molecule has 2 heterocycles. The normalized spacial score (nSPS) is 11.2. The molecule has 0 aliphatic carbocycles. The van der Waals surface area contributed by atoms with Crippen molar-refractivity contribution < 1.29 is 0 Å². The summed E-state index contributed by atoms with van der Waals surface area (Å²) in [6, 6.07) is 6.45. The summed E-state index contributed by atoms with van der Waals surface area (Å²) < 4.78 is 0. The summed E-state index contributed by atoms with van der Waals surface area (Å²) in [6.45, 7) is 8.28. The summed E-state index contributed by atoms with van der Waals surface area (Å²) >= 11 is 1.90. The lowest BCUT2D eigenvalue weighted by Gasteiger charge is -2.16. The second-order valence-corrected chi connectivity index (χ2v) is 6.45. The first-order valence-corrected chi connectivity index (χ1v) is 7.87. The number of pyridine rings is 1. The van der Waals surface area contributed by atoms with E-state index >= 15 is 0 Å². The Hall–Kier alpha value is -1.23. The molecule has 0 aliphatic rings. The van der Waals surface area contributed by atoms with Crippen LogP contribution in [0.4, 0.5) is 0 Å². The largest absolute Gasteiger partial charge is 0.312 e. The van der Waals surface area contributed by atoms with Gasteiger partial charge in [0.2, 0.25) is 0 Å². The molecule has 0 aromatic carbocycles. The number of hydrogen-bond acceptors (Lipinski definition) is 4. The van der Waals surface area contributed by atoms with Crippen molar-refractivity contribution in [1.29, 1.82) is 0 Å². The Morgan fingerprint density at radius 2 is 2.20 bits per heavy atom. The molecule has 1 N–H and O–H groups in total. The number of nitrogens with zero attached hydrogens (tertiary/aromatic N) is 2. The van der Waals surface area contributed by atoms with Crippen LogP contribution >= 0.6 is 11.3 Å². The maximum atomic E-state index is 4.17. The Labute approximate surface area is 125 Å². The number of thiophene rings is 1. The van der Waals surface area contributed by atoms with Gasteiger partial charge in [0.25, 0.3) is 0 Å². The Balaban J connectivity index is 1.93. The minimum atomic E-state index is 0.936. The molecule has 0 saturated heterocycles. The summed E-state index contributed by atoms with van der Waals surface area (Å²) in [4.78, 5) is 9.36. The van der Waals surface area contributed by atoms with Crippen LogP contribution in [0, 0.1) is 6.92 Å². The third-order valence-electron chi connectivity index (χ3n) is 3.24. The number of hydrogen-bond donors (Lipinski definition) is 1. The first-order chi connectivity index (χ1) is 9.69. The number of aromatic nitrogens is 1. The topological polar surface area (TPSA) is 28.2 Å². The van der Waals surface area contributed by atoms with E-state index in [0.717, 1.165) is 26.2 Å². The quantitative estimate of drug-likeness (QED) is 0.848. The molecule has 2 aromatic heterocycles. The summed E-state index contributed by atoms with van der Waals surface area (Å²) in [7, 11) is 2.16. The van der Waals surface area contributed by atoms with E-state index < -0.39 is 0 Å². The molecule has 4 heteroatoms. The predicted molar refractivity (Wildman–Crippen MR) is 85.8 cm³/mol. The molecular formula is C16H23N3S. The molecular weight excluding hydrogens is 266 g/mol. The molecule has 0 radical (unpaired) electrons. The fourth-order valence-corrected chi connectivity index (χ4v) is 3.25. The molecule has 2 rings (SSSR count). The third-order valence-corrected chi connectivity index (χ3v) is 4.33. The van der Waals surface area contributed by atoms with Gasteiger partial charge >= 0.3 is 0 Å². The van der Waals surface area contributed by atoms with Gasteiger partial charge in [0.05, 0.1) is 0 Å². The number of rotatable bonds is 7. The van der Waals surface area contributed by atoms with Crippen molar-refractivity contribution in [2.45, 2.75) is 33.5 Å². The molecule has 0 fully saturated rings. The fraction of sp³-hybridized carbons (Fsp3) is 0.438. The van der Waals surface area contributed by atoms with Gasteiger partial charge in [-0.15, -0.1) is 11.3 Å². The molecule has 20 heavy (non-hydrogen) atoms. The summed E-state index contributed by atoms with van der Waals surface area (Å²) in [5.41, 5.74) is 2.70. The van der Waals surface area contributed by atoms with Gasteiger partial charge in [0.15, 0.2) is 0 Å². The van der Waals surface area contributed by atoms with Crippen LogP contribution in [0.15, 0.2) is 30.6 Å². The van der Waals surface area contributed by atoms with Gasteiger partial charge in [0.1, 0.15) is 0 Å². The van der Waals surface area contributed by atoms with E-state index in [1.54, 1.807) is 0 Å². The lowest BCUT2D eigenvalue weighted by molar-refractivity contribution is 0.318. The zero-order valence-corrected chi connectivity index (χ0v) is 13.3. The Morgan fingerprint density at radius 1 is 1.35 bits per heavy atom. The Morgan fingerprint density at radius 3 is 2.90 bits per heavy atom. The van der Waals surface area contributed by atoms with E-state index in [-0.39, 0.29) is 0 Å². The zero-order valence-electron chi connectivity index (χ0n) is 12.5. The van der Waals surface area contributed by atoms with Crippen molar-refractivity contribution in [3.8, 4) is 0 Å². The first kappa shape index (κ1) is 15.2. The molecule has 0 spiro atoms. The van der Waals surface area contributed by atoms with Gasteiger partial charge in [-0.3, -0.25) is 9.88 Å². The fourth-order valence-electron chi connectivity index (χ4n) is 2.23. The highest BCUT2D eigenvalue weighted by atomic mass is 32.1. The minimum Gasteiger partial charge on any atom is -0.312 e. The molecule has 0 saturated carbocycles. The molecule has 0 bridgehead atoms. The molecule has 0 amide bonds. The van der Waals surface area contributed by atoms with Crippen LogP contribution in [0.25, 0.3) is 0 Å². The third kappa shape index (κ3) is 4.40. The maximum Gasteiger partial charge on any atom is 0.0312 e. The lowest BCUT2D eigenvalue weighted by Crippen LogP contribution is -2.17. The summed E-state index contributed by atoms with van der Waals surface area (Å²) in [5, 5.41) is 3.39. The van der Waals surface area contributed by atoms with Gasteiger partial charge in [-0.05, 0) is 43.8 Å². The smallest absolute Gasteiger partial charge is 0.0312 e. The van der Waals surface area contributed by atoms with Gasteiger partial charge < -0.3 is 5.32 Å². The second-order valence-electron chi connectivity index (χ2n) is 5.11. The van der Waals surface area contributed by atoms with Crippen LogP contribution < -0.4 is 5.32 Å².